The summed E-state index contributed by atoms with van der Waals surface area (Å²) in [5.41, 5.74) is 3.85. The number of hydrogen-bond acceptors (Lipinski definition) is 6. The number of benzene rings is 2. The normalized spacial score (nSPS) is 11.5. The van der Waals surface area contributed by atoms with Crippen LogP contribution in [0.15, 0.2) is 35.2 Å². The molecule has 0 aliphatic heterocycles. The summed E-state index contributed by atoms with van der Waals surface area (Å²) in [6, 6.07) is 8.48. The maximum atomic E-state index is 13.6. The van der Waals surface area contributed by atoms with E-state index >= 15 is 0 Å². The summed E-state index contributed by atoms with van der Waals surface area (Å²) in [4.78, 5) is 26.5. The molecule has 0 spiro atoms. The van der Waals surface area contributed by atoms with E-state index in [2.05, 4.69) is 5.10 Å². The summed E-state index contributed by atoms with van der Waals surface area (Å²) >= 11 is 0. The fourth-order valence-electron chi connectivity index (χ4n) is 3.85. The fourth-order valence-corrected chi connectivity index (χ4v) is 5.20. The lowest BCUT2D eigenvalue weighted by Gasteiger charge is -2.15. The molecule has 0 aliphatic rings. The van der Waals surface area contributed by atoms with E-state index in [-0.39, 0.29) is 22.1 Å². The van der Waals surface area contributed by atoms with Gasteiger partial charge < -0.3 is 4.74 Å². The number of aryl methyl sites for hydroxylation is 4. The van der Waals surface area contributed by atoms with Crippen LogP contribution in [0.4, 0.5) is 0 Å². The summed E-state index contributed by atoms with van der Waals surface area (Å²) in [6.07, 6.45) is 1.15. The van der Waals surface area contributed by atoms with E-state index in [1.54, 1.807) is 65.1 Å². The molecule has 0 radical (unpaired) electrons. The van der Waals surface area contributed by atoms with Crippen molar-refractivity contribution in [3.05, 3.63) is 75.0 Å². The minimum absolute atomic E-state index is 0.0416. The van der Waals surface area contributed by atoms with Crippen molar-refractivity contribution in [2.24, 2.45) is 7.05 Å². The second kappa shape index (κ2) is 8.35. The number of rotatable bonds is 5. The van der Waals surface area contributed by atoms with E-state index in [1.165, 1.54) is 4.68 Å². The highest BCUT2D eigenvalue weighted by atomic mass is 32.2. The predicted molar refractivity (Wildman–Crippen MR) is 121 cm³/mol. The zero-order valence-electron chi connectivity index (χ0n) is 19.2. The molecule has 0 saturated heterocycles. The lowest BCUT2D eigenvalue weighted by Crippen LogP contribution is -2.15. The Balaban J connectivity index is 2.09. The van der Waals surface area contributed by atoms with Crippen LogP contribution < -0.4 is 4.74 Å². The zero-order chi connectivity index (χ0) is 24.0. The van der Waals surface area contributed by atoms with Gasteiger partial charge in [-0.15, -0.1) is 0 Å². The molecule has 168 valence electrons. The molecule has 0 bridgehead atoms. The van der Waals surface area contributed by atoms with Gasteiger partial charge in [0.25, 0.3) is 0 Å². The Hall–Kier alpha value is -3.26. The highest BCUT2D eigenvalue weighted by molar-refractivity contribution is 7.90. The van der Waals surface area contributed by atoms with Gasteiger partial charge in [0.2, 0.25) is 11.7 Å². The van der Waals surface area contributed by atoms with Gasteiger partial charge in [-0.2, -0.15) is 5.10 Å². The Morgan fingerprint density at radius 3 is 2.12 bits per heavy atom. The SMILES string of the molecule is Cc1ccc(C(=O)Oc2c(C(=O)c3cc(C)c(S(C)(=O)=O)c(C)c3C)c(C)nn2C)cc1. The third-order valence-electron chi connectivity index (χ3n) is 5.51. The number of aromatic nitrogens is 2. The first-order valence-electron chi connectivity index (χ1n) is 10.0. The van der Waals surface area contributed by atoms with Gasteiger partial charge in [-0.1, -0.05) is 17.7 Å². The van der Waals surface area contributed by atoms with Gasteiger partial charge in [0.05, 0.1) is 16.2 Å². The Bertz CT molecular complexity index is 1350. The van der Waals surface area contributed by atoms with Crippen LogP contribution in [0, 0.1) is 34.6 Å². The summed E-state index contributed by atoms with van der Waals surface area (Å²) in [6.45, 7) is 8.63. The number of carbonyl (C=O) groups is 2. The lowest BCUT2D eigenvalue weighted by atomic mass is 9.94. The first kappa shape index (κ1) is 23.4. The molecular formula is C24H26N2O5S. The molecule has 2 aromatic carbocycles. The van der Waals surface area contributed by atoms with Crippen LogP contribution in [0.3, 0.4) is 0 Å². The Kier molecular flexibility index (Phi) is 6.11. The van der Waals surface area contributed by atoms with Crippen LogP contribution in [0.5, 0.6) is 5.88 Å². The average molecular weight is 455 g/mol. The van der Waals surface area contributed by atoms with Crippen molar-refractivity contribution in [3.63, 3.8) is 0 Å². The molecule has 0 fully saturated rings. The third-order valence-corrected chi connectivity index (χ3v) is 6.88. The number of ketones is 1. The van der Waals surface area contributed by atoms with Crippen molar-refractivity contribution >= 4 is 21.6 Å². The molecule has 0 saturated carbocycles. The van der Waals surface area contributed by atoms with Gasteiger partial charge in [0, 0.05) is 18.9 Å². The molecule has 0 unspecified atom stereocenters. The molecule has 0 aliphatic carbocycles. The standard InChI is InChI=1S/C24H26N2O5S/c1-13-8-10-18(11-9-13)24(28)31-23-20(17(5)25-26(23)6)21(27)19-12-14(2)22(32(7,29)30)16(4)15(19)3/h8-12H,1-7H3. The minimum Gasteiger partial charge on any atom is -0.403 e. The Labute approximate surface area is 187 Å². The molecule has 32 heavy (non-hydrogen) atoms. The minimum atomic E-state index is -3.45. The molecule has 7 nitrogen and oxygen atoms in total. The fraction of sp³-hybridized carbons (Fsp3) is 0.292. The maximum absolute atomic E-state index is 13.6. The summed E-state index contributed by atoms with van der Waals surface area (Å²) in [7, 11) is -1.86. The van der Waals surface area contributed by atoms with Crippen molar-refractivity contribution in [1.82, 2.24) is 9.78 Å². The number of esters is 1. The smallest absolute Gasteiger partial charge is 0.344 e. The van der Waals surface area contributed by atoms with E-state index in [4.69, 9.17) is 4.74 Å². The summed E-state index contributed by atoms with van der Waals surface area (Å²) in [5.74, 6) is -0.940. The molecule has 8 heteroatoms. The predicted octanol–water partition coefficient (Wildman–Crippen LogP) is 3.82. The first-order chi connectivity index (χ1) is 14.8. The molecule has 3 aromatic rings. The monoisotopic (exact) mass is 454 g/mol. The van der Waals surface area contributed by atoms with Crippen LogP contribution in [-0.4, -0.2) is 36.2 Å². The van der Waals surface area contributed by atoms with Crippen LogP contribution in [0.2, 0.25) is 0 Å². The van der Waals surface area contributed by atoms with Gasteiger partial charge in [0.1, 0.15) is 5.56 Å². The number of hydrogen-bond donors (Lipinski definition) is 0. The van der Waals surface area contributed by atoms with Gasteiger partial charge >= 0.3 is 5.97 Å². The quantitative estimate of drug-likeness (QED) is 0.430. The van der Waals surface area contributed by atoms with E-state index in [9.17, 15) is 18.0 Å². The van der Waals surface area contributed by atoms with E-state index in [0.717, 1.165) is 11.8 Å². The van der Waals surface area contributed by atoms with Crippen LogP contribution in [-0.2, 0) is 16.9 Å². The molecule has 0 atom stereocenters. The number of nitrogens with zero attached hydrogens (tertiary/aromatic N) is 2. The van der Waals surface area contributed by atoms with Gasteiger partial charge in [-0.3, -0.25) is 4.79 Å². The number of sulfone groups is 1. The highest BCUT2D eigenvalue weighted by Crippen LogP contribution is 2.31. The van der Waals surface area contributed by atoms with Crippen LogP contribution in [0.1, 0.15) is 54.2 Å². The number of carbonyl (C=O) groups excluding carboxylic acids is 2. The Morgan fingerprint density at radius 2 is 1.56 bits per heavy atom. The van der Waals surface area contributed by atoms with Gasteiger partial charge in [0.15, 0.2) is 9.84 Å². The number of ether oxygens (including phenoxy) is 1. The van der Waals surface area contributed by atoms with Crippen molar-refractivity contribution in [3.8, 4) is 5.88 Å². The molecule has 1 heterocycles. The van der Waals surface area contributed by atoms with Crippen molar-refractivity contribution in [2.75, 3.05) is 6.26 Å². The first-order valence-corrected chi connectivity index (χ1v) is 11.9. The summed E-state index contributed by atoms with van der Waals surface area (Å²) in [5, 5.41) is 4.27. The lowest BCUT2D eigenvalue weighted by molar-refractivity contribution is 0.0718. The van der Waals surface area contributed by atoms with Crippen molar-refractivity contribution in [2.45, 2.75) is 39.5 Å². The highest BCUT2D eigenvalue weighted by Gasteiger charge is 2.28. The van der Waals surface area contributed by atoms with Crippen LogP contribution in [0.25, 0.3) is 0 Å². The Morgan fingerprint density at radius 1 is 0.969 bits per heavy atom. The average Bonchev–Trinajstić information content (AvgIpc) is 2.96. The topological polar surface area (TPSA) is 95.3 Å². The van der Waals surface area contributed by atoms with E-state index in [0.29, 0.717) is 33.5 Å². The van der Waals surface area contributed by atoms with Crippen molar-refractivity contribution < 1.29 is 22.7 Å². The van der Waals surface area contributed by atoms with E-state index in [1.807, 2.05) is 6.92 Å². The molecule has 3 rings (SSSR count). The van der Waals surface area contributed by atoms with Gasteiger partial charge in [-0.25, -0.2) is 17.9 Å². The molecule has 0 N–H and O–H groups in total. The van der Waals surface area contributed by atoms with Crippen LogP contribution >= 0.6 is 0 Å². The second-order valence-electron chi connectivity index (χ2n) is 8.07. The zero-order valence-corrected chi connectivity index (χ0v) is 20.0. The molecule has 1 aromatic heterocycles. The molecular weight excluding hydrogens is 428 g/mol. The van der Waals surface area contributed by atoms with Crippen molar-refractivity contribution in [1.29, 1.82) is 0 Å². The maximum Gasteiger partial charge on any atom is 0.344 e. The summed E-state index contributed by atoms with van der Waals surface area (Å²) < 4.78 is 31.4. The second-order valence-corrected chi connectivity index (χ2v) is 10.0. The third kappa shape index (κ3) is 4.23. The van der Waals surface area contributed by atoms with E-state index < -0.39 is 15.8 Å². The molecule has 0 amide bonds. The largest absolute Gasteiger partial charge is 0.403 e. The van der Waals surface area contributed by atoms with Gasteiger partial charge in [-0.05, 0) is 69.5 Å².